The summed E-state index contributed by atoms with van der Waals surface area (Å²) in [6.07, 6.45) is 6.79. The maximum Gasteiger partial charge on any atom is 0.255 e. The van der Waals surface area contributed by atoms with E-state index >= 15 is 0 Å². The Morgan fingerprint density at radius 1 is 1.12 bits per heavy atom. The van der Waals surface area contributed by atoms with E-state index < -0.39 is 0 Å². The summed E-state index contributed by atoms with van der Waals surface area (Å²) >= 11 is 0. The van der Waals surface area contributed by atoms with Gasteiger partial charge in [-0.15, -0.1) is 0 Å². The van der Waals surface area contributed by atoms with Crippen LogP contribution < -0.4 is 14.8 Å². The van der Waals surface area contributed by atoms with Gasteiger partial charge < -0.3 is 19.7 Å². The molecule has 2 amide bonds. The van der Waals surface area contributed by atoms with Crippen molar-refractivity contribution in [3.05, 3.63) is 29.3 Å². The van der Waals surface area contributed by atoms with Gasteiger partial charge in [0.15, 0.2) is 11.5 Å². The van der Waals surface area contributed by atoms with Crippen molar-refractivity contribution in [3.8, 4) is 11.5 Å². The van der Waals surface area contributed by atoms with Crippen LogP contribution in [0.4, 0.5) is 5.69 Å². The number of hydrogen-bond donors (Lipinski definition) is 1. The normalized spacial score (nSPS) is 13.7. The topological polar surface area (TPSA) is 67.9 Å². The molecule has 0 fully saturated rings. The summed E-state index contributed by atoms with van der Waals surface area (Å²) in [6.45, 7) is 0. The minimum absolute atomic E-state index is 0.131. The lowest BCUT2D eigenvalue weighted by Gasteiger charge is -2.18. The molecule has 0 saturated heterocycles. The smallest absolute Gasteiger partial charge is 0.255 e. The van der Waals surface area contributed by atoms with Crippen LogP contribution in [0.25, 0.3) is 0 Å². The molecule has 1 N–H and O–H groups in total. The van der Waals surface area contributed by atoms with E-state index in [1.54, 1.807) is 26.2 Å². The maximum atomic E-state index is 12.5. The van der Waals surface area contributed by atoms with Crippen molar-refractivity contribution in [2.45, 2.75) is 32.1 Å². The zero-order valence-corrected chi connectivity index (χ0v) is 15.3. The number of carbonyl (C=O) groups excluding carboxylic acids is 2. The van der Waals surface area contributed by atoms with Crippen molar-refractivity contribution in [2.75, 3.05) is 33.6 Å². The Kier molecular flexibility index (Phi) is 6.44. The number of nitrogens with one attached hydrogen (secondary N) is 1. The summed E-state index contributed by atoms with van der Waals surface area (Å²) in [5.74, 6) is 0.562. The molecule has 0 unspecified atom stereocenters. The van der Waals surface area contributed by atoms with E-state index in [0.717, 1.165) is 24.8 Å². The molecule has 0 heterocycles. The summed E-state index contributed by atoms with van der Waals surface area (Å²) in [5, 5.41) is 2.86. The molecule has 2 rings (SSSR count). The van der Waals surface area contributed by atoms with Crippen LogP contribution in [0.2, 0.25) is 0 Å². The number of hydrogen-bond acceptors (Lipinski definition) is 4. The van der Waals surface area contributed by atoms with Crippen molar-refractivity contribution in [1.82, 2.24) is 4.90 Å². The first-order chi connectivity index (χ1) is 12.0. The quantitative estimate of drug-likeness (QED) is 0.803. The standard InChI is InChI=1S/C19H26N2O4/c1-21(2)19(23)14-11-16(24-3)17(25-4)12-15(14)20-18(22)10-13-8-6-5-7-9-13/h8,11-12H,5-7,9-10H2,1-4H3,(H,20,22). The van der Waals surface area contributed by atoms with E-state index in [2.05, 4.69) is 11.4 Å². The summed E-state index contributed by atoms with van der Waals surface area (Å²) in [5.41, 5.74) is 1.95. The molecular weight excluding hydrogens is 320 g/mol. The number of benzene rings is 1. The average molecular weight is 346 g/mol. The van der Waals surface area contributed by atoms with E-state index in [9.17, 15) is 9.59 Å². The van der Waals surface area contributed by atoms with Gasteiger partial charge in [-0.1, -0.05) is 11.6 Å². The van der Waals surface area contributed by atoms with E-state index in [-0.39, 0.29) is 11.8 Å². The molecule has 1 aliphatic rings. The van der Waals surface area contributed by atoms with Crippen LogP contribution in [0.1, 0.15) is 42.5 Å². The molecule has 0 aliphatic heterocycles. The molecule has 25 heavy (non-hydrogen) atoms. The fraction of sp³-hybridized carbons (Fsp3) is 0.474. The maximum absolute atomic E-state index is 12.5. The third kappa shape index (κ3) is 4.75. The van der Waals surface area contributed by atoms with Crippen LogP contribution in [0.3, 0.4) is 0 Å². The summed E-state index contributed by atoms with van der Waals surface area (Å²) < 4.78 is 10.6. The Bertz CT molecular complexity index is 680. The first kappa shape index (κ1) is 18.8. The number of rotatable bonds is 6. The van der Waals surface area contributed by atoms with E-state index in [4.69, 9.17) is 9.47 Å². The second-order valence-electron chi connectivity index (χ2n) is 6.29. The van der Waals surface area contributed by atoms with E-state index in [1.807, 2.05) is 0 Å². The van der Waals surface area contributed by atoms with Gasteiger partial charge in [0.25, 0.3) is 5.91 Å². The van der Waals surface area contributed by atoms with Gasteiger partial charge in [0.05, 0.1) is 25.5 Å². The highest BCUT2D eigenvalue weighted by Gasteiger charge is 2.20. The van der Waals surface area contributed by atoms with Gasteiger partial charge in [-0.2, -0.15) is 0 Å². The third-order valence-electron chi connectivity index (χ3n) is 4.21. The first-order valence-corrected chi connectivity index (χ1v) is 8.41. The minimum Gasteiger partial charge on any atom is -0.493 e. The minimum atomic E-state index is -0.215. The van der Waals surface area contributed by atoms with Crippen molar-refractivity contribution in [2.24, 2.45) is 0 Å². The van der Waals surface area contributed by atoms with Gasteiger partial charge >= 0.3 is 0 Å². The molecule has 0 radical (unpaired) electrons. The number of allylic oxidation sites excluding steroid dienone is 1. The molecule has 0 aromatic heterocycles. The number of ether oxygens (including phenoxy) is 2. The van der Waals surface area contributed by atoms with Crippen LogP contribution in [-0.4, -0.2) is 45.0 Å². The van der Waals surface area contributed by atoms with Crippen LogP contribution in [0.5, 0.6) is 11.5 Å². The molecule has 1 aliphatic carbocycles. The lowest BCUT2D eigenvalue weighted by molar-refractivity contribution is -0.115. The van der Waals surface area contributed by atoms with Gasteiger partial charge in [-0.05, 0) is 31.7 Å². The molecule has 1 aromatic carbocycles. The second-order valence-corrected chi connectivity index (χ2v) is 6.29. The summed E-state index contributed by atoms with van der Waals surface area (Å²) in [6, 6.07) is 3.22. The van der Waals surface area contributed by atoms with Crippen molar-refractivity contribution in [1.29, 1.82) is 0 Å². The Morgan fingerprint density at radius 2 is 1.80 bits per heavy atom. The van der Waals surface area contributed by atoms with Crippen molar-refractivity contribution >= 4 is 17.5 Å². The van der Waals surface area contributed by atoms with E-state index in [0.29, 0.717) is 29.2 Å². The zero-order chi connectivity index (χ0) is 18.4. The zero-order valence-electron chi connectivity index (χ0n) is 15.3. The molecule has 1 aromatic rings. The predicted octanol–water partition coefficient (Wildman–Crippen LogP) is 3.23. The number of carbonyl (C=O) groups is 2. The Morgan fingerprint density at radius 3 is 2.36 bits per heavy atom. The molecule has 0 atom stereocenters. The highest BCUT2D eigenvalue weighted by atomic mass is 16.5. The highest BCUT2D eigenvalue weighted by Crippen LogP contribution is 2.34. The molecule has 0 spiro atoms. The van der Waals surface area contributed by atoms with Gasteiger partial charge in [-0.3, -0.25) is 9.59 Å². The van der Waals surface area contributed by atoms with Gasteiger partial charge in [-0.25, -0.2) is 0 Å². The first-order valence-electron chi connectivity index (χ1n) is 8.41. The fourth-order valence-electron chi connectivity index (χ4n) is 2.87. The van der Waals surface area contributed by atoms with E-state index in [1.165, 1.54) is 25.5 Å². The van der Waals surface area contributed by atoms with Crippen LogP contribution in [0.15, 0.2) is 23.8 Å². The molecule has 6 heteroatoms. The second kappa shape index (κ2) is 8.55. The van der Waals surface area contributed by atoms with Crippen LogP contribution >= 0.6 is 0 Å². The lowest BCUT2D eigenvalue weighted by Crippen LogP contribution is -2.24. The monoisotopic (exact) mass is 346 g/mol. The van der Waals surface area contributed by atoms with Crippen molar-refractivity contribution in [3.63, 3.8) is 0 Å². The van der Waals surface area contributed by atoms with Gasteiger partial charge in [0.2, 0.25) is 5.91 Å². The molecule has 6 nitrogen and oxygen atoms in total. The number of amides is 2. The predicted molar refractivity (Wildman–Crippen MR) is 97.4 cm³/mol. The molecule has 0 saturated carbocycles. The average Bonchev–Trinajstić information content (AvgIpc) is 2.61. The summed E-state index contributed by atoms with van der Waals surface area (Å²) in [7, 11) is 6.36. The van der Waals surface area contributed by atoms with Gasteiger partial charge in [0, 0.05) is 26.6 Å². The Labute approximate surface area is 148 Å². The number of methoxy groups -OCH3 is 2. The molecule has 0 bridgehead atoms. The SMILES string of the molecule is COc1cc(NC(=O)CC2=CCCCC2)c(C(=O)N(C)C)cc1OC. The van der Waals surface area contributed by atoms with Crippen LogP contribution in [-0.2, 0) is 4.79 Å². The van der Waals surface area contributed by atoms with Gasteiger partial charge in [0.1, 0.15) is 0 Å². The Hall–Kier alpha value is -2.50. The largest absolute Gasteiger partial charge is 0.493 e. The number of anilines is 1. The molecular formula is C19H26N2O4. The van der Waals surface area contributed by atoms with Crippen molar-refractivity contribution < 1.29 is 19.1 Å². The third-order valence-corrected chi connectivity index (χ3v) is 4.21. The number of nitrogens with zero attached hydrogens (tertiary/aromatic N) is 1. The molecule has 136 valence electrons. The highest BCUT2D eigenvalue weighted by molar-refractivity contribution is 6.04. The Balaban J connectivity index is 2.28. The summed E-state index contributed by atoms with van der Waals surface area (Å²) in [4.78, 5) is 26.4. The van der Waals surface area contributed by atoms with Crippen LogP contribution in [0, 0.1) is 0 Å². The fourth-order valence-corrected chi connectivity index (χ4v) is 2.87. The lowest BCUT2D eigenvalue weighted by atomic mass is 9.97.